The normalized spacial score (nSPS) is 23.9. The van der Waals surface area contributed by atoms with E-state index in [1.807, 2.05) is 30.2 Å². The van der Waals surface area contributed by atoms with Crippen LogP contribution in [-0.4, -0.2) is 64.6 Å². The Bertz CT molecular complexity index is 790. The van der Waals surface area contributed by atoms with Crippen molar-refractivity contribution in [3.8, 4) is 0 Å². The average molecular weight is 366 g/mol. The molecule has 2 aliphatic heterocycles. The van der Waals surface area contributed by atoms with Crippen LogP contribution in [0.15, 0.2) is 43.0 Å². The summed E-state index contributed by atoms with van der Waals surface area (Å²) in [7, 11) is 1.78. The van der Waals surface area contributed by atoms with Crippen molar-refractivity contribution in [3.63, 3.8) is 0 Å². The SMILES string of the molecule is CO[C@H]1CN(C2CCN(C(=O)c3cnccc3C)CC2)[C@H]1c1cccnc1. The fraction of sp³-hybridized carbons (Fsp3) is 0.476. The molecule has 0 spiro atoms. The molecular formula is C21H26N4O2. The number of aromatic nitrogens is 2. The van der Waals surface area contributed by atoms with Gasteiger partial charge >= 0.3 is 0 Å². The van der Waals surface area contributed by atoms with E-state index in [1.54, 1.807) is 25.7 Å². The molecule has 142 valence electrons. The number of hydrogen-bond donors (Lipinski definition) is 0. The van der Waals surface area contributed by atoms with E-state index in [2.05, 4.69) is 20.9 Å². The Labute approximate surface area is 160 Å². The van der Waals surface area contributed by atoms with Crippen LogP contribution in [-0.2, 0) is 4.74 Å². The van der Waals surface area contributed by atoms with E-state index >= 15 is 0 Å². The highest BCUT2D eigenvalue weighted by Gasteiger charge is 2.44. The summed E-state index contributed by atoms with van der Waals surface area (Å²) in [6, 6.07) is 6.73. The molecule has 2 atom stereocenters. The molecule has 0 radical (unpaired) electrons. The summed E-state index contributed by atoms with van der Waals surface area (Å²) in [5, 5.41) is 0. The largest absolute Gasteiger partial charge is 0.378 e. The Morgan fingerprint density at radius 3 is 2.59 bits per heavy atom. The molecule has 0 aromatic carbocycles. The van der Waals surface area contributed by atoms with Gasteiger partial charge in [0.2, 0.25) is 0 Å². The number of aryl methyl sites for hydroxylation is 1. The molecule has 4 heterocycles. The van der Waals surface area contributed by atoms with Gasteiger partial charge < -0.3 is 9.64 Å². The number of piperidine rings is 1. The van der Waals surface area contributed by atoms with E-state index in [0.717, 1.165) is 38.0 Å². The first-order chi connectivity index (χ1) is 13.2. The fourth-order valence-electron chi connectivity index (χ4n) is 4.29. The molecule has 2 saturated heterocycles. The monoisotopic (exact) mass is 366 g/mol. The molecule has 27 heavy (non-hydrogen) atoms. The second-order valence-electron chi connectivity index (χ2n) is 7.42. The number of carbonyl (C=O) groups excluding carboxylic acids is 1. The number of ether oxygens (including phenoxy) is 1. The summed E-state index contributed by atoms with van der Waals surface area (Å²) in [5.41, 5.74) is 2.91. The van der Waals surface area contributed by atoms with Gasteiger partial charge in [0.25, 0.3) is 5.91 Å². The number of amides is 1. The van der Waals surface area contributed by atoms with Crippen LogP contribution in [0.2, 0.25) is 0 Å². The smallest absolute Gasteiger partial charge is 0.255 e. The lowest BCUT2D eigenvalue weighted by Gasteiger charge is -2.52. The molecule has 6 nitrogen and oxygen atoms in total. The van der Waals surface area contributed by atoms with Gasteiger partial charge in [0.1, 0.15) is 0 Å². The molecule has 4 rings (SSSR count). The van der Waals surface area contributed by atoms with E-state index < -0.39 is 0 Å². The highest BCUT2D eigenvalue weighted by Crippen LogP contribution is 2.39. The minimum Gasteiger partial charge on any atom is -0.378 e. The third-order valence-electron chi connectivity index (χ3n) is 5.92. The summed E-state index contributed by atoms with van der Waals surface area (Å²) < 4.78 is 5.66. The summed E-state index contributed by atoms with van der Waals surface area (Å²) in [4.78, 5) is 25.7. The van der Waals surface area contributed by atoms with Crippen LogP contribution in [0.4, 0.5) is 0 Å². The number of likely N-dealkylation sites (tertiary alicyclic amines) is 2. The number of nitrogens with zero attached hydrogens (tertiary/aromatic N) is 4. The van der Waals surface area contributed by atoms with Crippen LogP contribution < -0.4 is 0 Å². The standard InChI is InChI=1S/C21H26N4O2/c1-15-5-9-23-13-18(15)21(26)24-10-6-17(7-11-24)25-14-19(27-2)20(25)16-4-3-8-22-12-16/h3-5,8-9,12-13,17,19-20H,6-7,10-11,14H2,1-2H3/t19-,20-/m0/s1. The van der Waals surface area contributed by atoms with Crippen molar-refractivity contribution < 1.29 is 9.53 Å². The highest BCUT2D eigenvalue weighted by atomic mass is 16.5. The molecule has 0 unspecified atom stereocenters. The lowest BCUT2D eigenvalue weighted by atomic mass is 9.87. The molecule has 2 aliphatic rings. The van der Waals surface area contributed by atoms with E-state index in [9.17, 15) is 4.79 Å². The van der Waals surface area contributed by atoms with Crippen LogP contribution >= 0.6 is 0 Å². The Morgan fingerprint density at radius 2 is 1.93 bits per heavy atom. The number of pyridine rings is 2. The molecule has 0 bridgehead atoms. The van der Waals surface area contributed by atoms with Crippen molar-refractivity contribution in [2.75, 3.05) is 26.7 Å². The van der Waals surface area contributed by atoms with Gasteiger partial charge in [0.05, 0.1) is 17.7 Å². The first-order valence-corrected chi connectivity index (χ1v) is 9.57. The van der Waals surface area contributed by atoms with Gasteiger partial charge in [-0.15, -0.1) is 0 Å². The van der Waals surface area contributed by atoms with Crippen LogP contribution in [0.25, 0.3) is 0 Å². The van der Waals surface area contributed by atoms with Crippen molar-refractivity contribution in [1.29, 1.82) is 0 Å². The summed E-state index contributed by atoms with van der Waals surface area (Å²) in [6.07, 6.45) is 9.34. The maximum absolute atomic E-state index is 12.8. The Morgan fingerprint density at radius 1 is 1.15 bits per heavy atom. The van der Waals surface area contributed by atoms with Gasteiger partial charge in [0.15, 0.2) is 0 Å². The second kappa shape index (κ2) is 7.74. The fourth-order valence-corrected chi connectivity index (χ4v) is 4.29. The zero-order valence-corrected chi connectivity index (χ0v) is 15.9. The third-order valence-corrected chi connectivity index (χ3v) is 5.92. The van der Waals surface area contributed by atoms with Gasteiger partial charge in [-0.3, -0.25) is 19.7 Å². The average Bonchev–Trinajstić information content (AvgIpc) is 2.69. The van der Waals surface area contributed by atoms with Crippen LogP contribution in [0.1, 0.15) is 40.4 Å². The molecule has 2 aromatic heterocycles. The molecule has 6 heteroatoms. The van der Waals surface area contributed by atoms with Crippen LogP contribution in [0.3, 0.4) is 0 Å². The number of hydrogen-bond acceptors (Lipinski definition) is 5. The zero-order valence-electron chi connectivity index (χ0n) is 15.9. The van der Waals surface area contributed by atoms with Gasteiger partial charge in [-0.05, 0) is 43.0 Å². The Kier molecular flexibility index (Phi) is 5.18. The van der Waals surface area contributed by atoms with Gasteiger partial charge in [0, 0.05) is 57.6 Å². The predicted molar refractivity (Wildman–Crippen MR) is 102 cm³/mol. The van der Waals surface area contributed by atoms with Gasteiger partial charge in [-0.1, -0.05) is 6.07 Å². The summed E-state index contributed by atoms with van der Waals surface area (Å²) >= 11 is 0. The summed E-state index contributed by atoms with van der Waals surface area (Å²) in [6.45, 7) is 4.47. The Balaban J connectivity index is 1.41. The first-order valence-electron chi connectivity index (χ1n) is 9.57. The minimum atomic E-state index is 0.0984. The molecule has 0 saturated carbocycles. The second-order valence-corrected chi connectivity index (χ2v) is 7.42. The third kappa shape index (κ3) is 3.47. The molecule has 2 fully saturated rings. The molecular weight excluding hydrogens is 340 g/mol. The topological polar surface area (TPSA) is 58.6 Å². The van der Waals surface area contributed by atoms with Gasteiger partial charge in [-0.2, -0.15) is 0 Å². The Hall–Kier alpha value is -2.31. The minimum absolute atomic E-state index is 0.0984. The lowest BCUT2D eigenvalue weighted by Crippen LogP contribution is -2.60. The number of carbonyl (C=O) groups is 1. The highest BCUT2D eigenvalue weighted by molar-refractivity contribution is 5.95. The first kappa shape index (κ1) is 18.1. The molecule has 0 N–H and O–H groups in total. The van der Waals surface area contributed by atoms with Crippen LogP contribution in [0, 0.1) is 6.92 Å². The zero-order chi connectivity index (χ0) is 18.8. The van der Waals surface area contributed by atoms with E-state index in [4.69, 9.17) is 4.74 Å². The van der Waals surface area contributed by atoms with E-state index in [0.29, 0.717) is 11.6 Å². The molecule has 2 aromatic rings. The van der Waals surface area contributed by atoms with Gasteiger partial charge in [-0.25, -0.2) is 0 Å². The van der Waals surface area contributed by atoms with Crippen molar-refractivity contribution in [3.05, 3.63) is 59.7 Å². The number of rotatable bonds is 4. The van der Waals surface area contributed by atoms with Crippen molar-refractivity contribution in [2.24, 2.45) is 0 Å². The molecule has 1 amide bonds. The predicted octanol–water partition coefficient (Wildman–Crippen LogP) is 2.46. The van der Waals surface area contributed by atoms with Crippen molar-refractivity contribution >= 4 is 5.91 Å². The lowest BCUT2D eigenvalue weighted by molar-refractivity contribution is -0.115. The number of methoxy groups -OCH3 is 1. The summed E-state index contributed by atoms with van der Waals surface area (Å²) in [5.74, 6) is 0.0984. The van der Waals surface area contributed by atoms with Crippen molar-refractivity contribution in [1.82, 2.24) is 19.8 Å². The maximum atomic E-state index is 12.8. The molecule has 0 aliphatic carbocycles. The van der Waals surface area contributed by atoms with Crippen LogP contribution in [0.5, 0.6) is 0 Å². The maximum Gasteiger partial charge on any atom is 0.255 e. The van der Waals surface area contributed by atoms with E-state index in [-0.39, 0.29) is 18.1 Å². The quantitative estimate of drug-likeness (QED) is 0.832. The van der Waals surface area contributed by atoms with E-state index in [1.165, 1.54) is 5.56 Å². The van der Waals surface area contributed by atoms with Crippen molar-refractivity contribution in [2.45, 2.75) is 38.0 Å².